The Labute approximate surface area is 129 Å². The zero-order valence-corrected chi connectivity index (χ0v) is 13.3. The lowest BCUT2D eigenvalue weighted by Crippen LogP contribution is -2.49. The molecule has 0 bridgehead atoms. The van der Waals surface area contributed by atoms with Crippen molar-refractivity contribution in [1.29, 1.82) is 0 Å². The summed E-state index contributed by atoms with van der Waals surface area (Å²) in [4.78, 5) is 2.33. The van der Waals surface area contributed by atoms with Gasteiger partial charge in [-0.25, -0.2) is 4.39 Å². The van der Waals surface area contributed by atoms with Crippen LogP contribution in [0.15, 0.2) is 23.4 Å². The molecule has 1 fully saturated rings. The molecule has 116 valence electrons. The Bertz CT molecular complexity index is 528. The summed E-state index contributed by atoms with van der Waals surface area (Å²) < 4.78 is 12.9. The fourth-order valence-corrected chi connectivity index (χ4v) is 3.65. The van der Waals surface area contributed by atoms with Gasteiger partial charge in [-0.15, -0.1) is 0 Å². The molecule has 1 heterocycles. The summed E-state index contributed by atoms with van der Waals surface area (Å²) in [5.74, 6) is 0.121. The molecule has 4 nitrogen and oxygen atoms in total. The number of nitrogens with zero attached hydrogens (tertiary/aromatic N) is 2. The average molecular weight is 311 g/mol. The molecule has 6 heteroatoms. The topological polar surface area (TPSA) is 61.9 Å². The number of benzene rings is 1. The minimum absolute atomic E-state index is 0.191. The van der Waals surface area contributed by atoms with Crippen molar-refractivity contribution >= 4 is 17.6 Å². The van der Waals surface area contributed by atoms with Crippen LogP contribution in [-0.2, 0) is 6.54 Å². The van der Waals surface area contributed by atoms with E-state index in [1.807, 2.05) is 19.2 Å². The third-order valence-electron chi connectivity index (χ3n) is 4.33. The van der Waals surface area contributed by atoms with Crippen LogP contribution in [0.3, 0.4) is 0 Å². The summed E-state index contributed by atoms with van der Waals surface area (Å²) in [6.07, 6.45) is 3.70. The second-order valence-electron chi connectivity index (χ2n) is 5.53. The second kappa shape index (κ2) is 6.66. The van der Waals surface area contributed by atoms with E-state index in [0.717, 1.165) is 43.6 Å². The molecule has 0 atom stereocenters. The van der Waals surface area contributed by atoms with E-state index in [1.165, 1.54) is 6.07 Å². The molecule has 0 amide bonds. The number of rotatable bonds is 4. The molecule has 1 aliphatic heterocycles. The van der Waals surface area contributed by atoms with Gasteiger partial charge in [-0.3, -0.25) is 4.90 Å². The first-order valence-electron chi connectivity index (χ1n) is 7.01. The van der Waals surface area contributed by atoms with Crippen LogP contribution in [0.2, 0.25) is 0 Å². The largest absolute Gasteiger partial charge is 0.409 e. The van der Waals surface area contributed by atoms with Gasteiger partial charge in [0.05, 0.1) is 4.75 Å². The highest BCUT2D eigenvalue weighted by Gasteiger charge is 2.38. The van der Waals surface area contributed by atoms with E-state index in [-0.39, 0.29) is 10.6 Å². The van der Waals surface area contributed by atoms with Crippen molar-refractivity contribution in [3.05, 3.63) is 35.1 Å². The summed E-state index contributed by atoms with van der Waals surface area (Å²) >= 11 is 1.65. The van der Waals surface area contributed by atoms with Gasteiger partial charge in [0.25, 0.3) is 0 Å². The molecule has 0 unspecified atom stereocenters. The minimum atomic E-state index is -0.261. The first kappa shape index (κ1) is 16.1. The normalized spacial score (nSPS) is 19.7. The van der Waals surface area contributed by atoms with Gasteiger partial charge in [-0.1, -0.05) is 11.2 Å². The molecule has 3 N–H and O–H groups in total. The van der Waals surface area contributed by atoms with Crippen molar-refractivity contribution in [3.8, 4) is 0 Å². The van der Waals surface area contributed by atoms with Crippen molar-refractivity contribution in [2.45, 2.75) is 31.1 Å². The Balaban J connectivity index is 2.01. The lowest BCUT2D eigenvalue weighted by atomic mass is 9.94. The summed E-state index contributed by atoms with van der Waals surface area (Å²) in [6.45, 7) is 4.51. The Morgan fingerprint density at radius 2 is 2.14 bits per heavy atom. The number of thioether (sulfide) groups is 1. The predicted molar refractivity (Wildman–Crippen MR) is 85.3 cm³/mol. The van der Waals surface area contributed by atoms with Crippen molar-refractivity contribution in [3.63, 3.8) is 0 Å². The standard InChI is InChI=1S/C15H22FN3OS/c1-11-9-13(16)4-3-12(11)10-19-7-5-15(21-2,6-8-19)14(17)18-20/h3-4,9,20H,5-8,10H2,1-2H3,(H2,17,18). The number of oxime groups is 1. The SMILES string of the molecule is CSC1(/C(N)=N/O)CCN(Cc2ccc(F)cc2C)CC1. The number of likely N-dealkylation sites (tertiary alicyclic amines) is 1. The Kier molecular flexibility index (Phi) is 5.11. The van der Waals surface area contributed by atoms with E-state index in [2.05, 4.69) is 10.1 Å². The first-order valence-corrected chi connectivity index (χ1v) is 8.24. The van der Waals surface area contributed by atoms with E-state index < -0.39 is 0 Å². The number of amidine groups is 1. The molecule has 0 saturated carbocycles. The molecule has 0 aromatic heterocycles. The molecule has 2 rings (SSSR count). The van der Waals surface area contributed by atoms with Crippen molar-refractivity contribution in [2.75, 3.05) is 19.3 Å². The summed E-state index contributed by atoms with van der Waals surface area (Å²) in [7, 11) is 0. The molecule has 21 heavy (non-hydrogen) atoms. The highest BCUT2D eigenvalue weighted by molar-refractivity contribution is 8.00. The Morgan fingerprint density at radius 3 is 2.67 bits per heavy atom. The van der Waals surface area contributed by atoms with Crippen LogP contribution in [0, 0.1) is 12.7 Å². The van der Waals surface area contributed by atoms with Gasteiger partial charge in [0.1, 0.15) is 5.82 Å². The van der Waals surface area contributed by atoms with E-state index in [0.29, 0.717) is 5.84 Å². The molecule has 0 spiro atoms. The third-order valence-corrected chi connectivity index (χ3v) is 5.73. The number of nitrogens with two attached hydrogens (primary N) is 1. The Morgan fingerprint density at radius 1 is 1.48 bits per heavy atom. The lowest BCUT2D eigenvalue weighted by molar-refractivity contribution is 0.209. The summed E-state index contributed by atoms with van der Waals surface area (Å²) in [5, 5.41) is 12.1. The zero-order chi connectivity index (χ0) is 15.5. The zero-order valence-electron chi connectivity index (χ0n) is 12.5. The summed E-state index contributed by atoms with van der Waals surface area (Å²) in [5.41, 5.74) is 7.98. The monoisotopic (exact) mass is 311 g/mol. The van der Waals surface area contributed by atoms with E-state index >= 15 is 0 Å². The second-order valence-corrected chi connectivity index (χ2v) is 6.72. The fraction of sp³-hybridized carbons (Fsp3) is 0.533. The van der Waals surface area contributed by atoms with Crippen LogP contribution in [0.25, 0.3) is 0 Å². The molecule has 0 aliphatic carbocycles. The minimum Gasteiger partial charge on any atom is -0.409 e. The predicted octanol–water partition coefficient (Wildman–Crippen LogP) is 2.58. The smallest absolute Gasteiger partial charge is 0.155 e. The maximum atomic E-state index is 13.1. The number of hydrogen-bond donors (Lipinski definition) is 2. The highest BCUT2D eigenvalue weighted by Crippen LogP contribution is 2.35. The number of piperidine rings is 1. The van der Waals surface area contributed by atoms with Crippen LogP contribution in [0.4, 0.5) is 4.39 Å². The van der Waals surface area contributed by atoms with Crippen LogP contribution in [0.1, 0.15) is 24.0 Å². The number of hydrogen-bond acceptors (Lipinski definition) is 4. The quantitative estimate of drug-likeness (QED) is 0.388. The van der Waals surface area contributed by atoms with Crippen LogP contribution in [-0.4, -0.2) is 40.0 Å². The maximum Gasteiger partial charge on any atom is 0.155 e. The van der Waals surface area contributed by atoms with Gasteiger partial charge in [0, 0.05) is 19.6 Å². The molecule has 1 aromatic carbocycles. The molecule has 1 saturated heterocycles. The van der Waals surface area contributed by atoms with Crippen LogP contribution >= 0.6 is 11.8 Å². The lowest BCUT2D eigenvalue weighted by Gasteiger charge is -2.39. The third kappa shape index (κ3) is 3.49. The molecule has 0 radical (unpaired) electrons. The van der Waals surface area contributed by atoms with Crippen molar-refractivity contribution in [1.82, 2.24) is 4.90 Å². The molecular formula is C15H22FN3OS. The van der Waals surface area contributed by atoms with Gasteiger partial charge >= 0.3 is 0 Å². The Hall–Kier alpha value is -1.27. The van der Waals surface area contributed by atoms with Gasteiger partial charge in [0.2, 0.25) is 0 Å². The van der Waals surface area contributed by atoms with E-state index in [1.54, 1.807) is 17.8 Å². The van der Waals surface area contributed by atoms with Gasteiger partial charge < -0.3 is 10.9 Å². The van der Waals surface area contributed by atoms with Gasteiger partial charge in [0.15, 0.2) is 5.84 Å². The molecule has 1 aliphatic rings. The van der Waals surface area contributed by atoms with Crippen LogP contribution < -0.4 is 5.73 Å². The maximum absolute atomic E-state index is 13.1. The van der Waals surface area contributed by atoms with Crippen molar-refractivity contribution < 1.29 is 9.60 Å². The van der Waals surface area contributed by atoms with E-state index in [4.69, 9.17) is 10.9 Å². The number of aryl methyl sites for hydroxylation is 1. The molecule has 1 aromatic rings. The average Bonchev–Trinajstić information content (AvgIpc) is 2.50. The number of halogens is 1. The van der Waals surface area contributed by atoms with Crippen LogP contribution in [0.5, 0.6) is 0 Å². The molecular weight excluding hydrogens is 289 g/mol. The van der Waals surface area contributed by atoms with Crippen molar-refractivity contribution in [2.24, 2.45) is 10.9 Å². The first-order chi connectivity index (χ1) is 10.0. The fourth-order valence-electron chi connectivity index (χ4n) is 2.81. The summed E-state index contributed by atoms with van der Waals surface area (Å²) in [6, 6.07) is 4.93. The van der Waals surface area contributed by atoms with Gasteiger partial charge in [-0.2, -0.15) is 11.8 Å². The highest BCUT2D eigenvalue weighted by atomic mass is 32.2. The van der Waals surface area contributed by atoms with Gasteiger partial charge in [-0.05, 0) is 49.3 Å². The van der Waals surface area contributed by atoms with E-state index in [9.17, 15) is 4.39 Å².